The summed E-state index contributed by atoms with van der Waals surface area (Å²) in [7, 11) is 0. The molecule has 7 atom stereocenters. The zero-order valence-electron chi connectivity index (χ0n) is 16.9. The van der Waals surface area contributed by atoms with Crippen LogP contribution in [-0.4, -0.2) is 53.0 Å². The van der Waals surface area contributed by atoms with Crippen molar-refractivity contribution in [2.45, 2.75) is 83.1 Å². The number of nitrogens with zero attached hydrogens (tertiary/aromatic N) is 1. The molecule has 152 valence electrons. The Morgan fingerprint density at radius 3 is 2.57 bits per heavy atom. The molecule has 4 fully saturated rings. The number of ketones is 1. The molecule has 0 saturated carbocycles. The molecule has 4 aliphatic heterocycles. The van der Waals surface area contributed by atoms with Crippen LogP contribution in [0.25, 0.3) is 0 Å². The Balaban J connectivity index is 1.66. The van der Waals surface area contributed by atoms with Crippen LogP contribution in [0.15, 0.2) is 11.1 Å². The standard InChI is InChI=1S/C22H29NO5/c1-4-13-19-18(12(3)21(26)28-19)14-10-15(16-9-11(2)20(25)27-16)23-8-6-5-7-17(24)22(13,14)23/h11-13,15-16,19H,4-10H2,1-3H3/t11-,12+,13-,15-,16-,19-,22+/m0/s1. The summed E-state index contributed by atoms with van der Waals surface area (Å²) in [6.07, 6.45) is 4.20. The lowest BCUT2D eigenvalue weighted by Crippen LogP contribution is -2.59. The summed E-state index contributed by atoms with van der Waals surface area (Å²) >= 11 is 0. The molecule has 1 spiro atoms. The predicted molar refractivity (Wildman–Crippen MR) is 100 cm³/mol. The Bertz CT molecular complexity index is 788. The van der Waals surface area contributed by atoms with Gasteiger partial charge in [0.15, 0.2) is 5.78 Å². The molecule has 0 N–H and O–H groups in total. The Morgan fingerprint density at radius 1 is 1.11 bits per heavy atom. The van der Waals surface area contributed by atoms with E-state index in [0.717, 1.165) is 37.0 Å². The van der Waals surface area contributed by atoms with Crippen LogP contribution in [0, 0.1) is 17.8 Å². The molecule has 28 heavy (non-hydrogen) atoms. The number of carbonyl (C=O) groups is 3. The van der Waals surface area contributed by atoms with Crippen molar-refractivity contribution in [3.8, 4) is 0 Å². The number of esters is 2. The Labute approximate surface area is 165 Å². The van der Waals surface area contributed by atoms with Gasteiger partial charge in [-0.3, -0.25) is 19.3 Å². The van der Waals surface area contributed by atoms with Gasteiger partial charge in [0.25, 0.3) is 0 Å². The van der Waals surface area contributed by atoms with Crippen molar-refractivity contribution in [3.05, 3.63) is 11.1 Å². The summed E-state index contributed by atoms with van der Waals surface area (Å²) in [4.78, 5) is 40.5. The molecule has 0 aromatic heterocycles. The van der Waals surface area contributed by atoms with Crippen LogP contribution >= 0.6 is 0 Å². The lowest BCUT2D eigenvalue weighted by molar-refractivity contribution is -0.152. The van der Waals surface area contributed by atoms with Crippen molar-refractivity contribution >= 4 is 17.7 Å². The van der Waals surface area contributed by atoms with Crippen molar-refractivity contribution < 1.29 is 23.9 Å². The maximum absolute atomic E-state index is 13.7. The molecule has 1 aliphatic carbocycles. The molecule has 6 heteroatoms. The second kappa shape index (κ2) is 6.15. The molecule has 0 amide bonds. The van der Waals surface area contributed by atoms with Crippen molar-refractivity contribution in [1.82, 2.24) is 4.90 Å². The van der Waals surface area contributed by atoms with Crippen LogP contribution in [0.4, 0.5) is 0 Å². The molecule has 6 nitrogen and oxygen atoms in total. The molecule has 5 aliphatic rings. The Kier molecular flexibility index (Phi) is 4.03. The fourth-order valence-corrected chi connectivity index (χ4v) is 6.77. The first-order chi connectivity index (χ1) is 13.4. The molecule has 0 radical (unpaired) electrons. The molecule has 4 saturated heterocycles. The van der Waals surface area contributed by atoms with Gasteiger partial charge in [-0.2, -0.15) is 0 Å². The van der Waals surface area contributed by atoms with Crippen molar-refractivity contribution in [3.63, 3.8) is 0 Å². The van der Waals surface area contributed by atoms with Gasteiger partial charge in [-0.25, -0.2) is 0 Å². The lowest BCUT2D eigenvalue weighted by atomic mass is 9.76. The first-order valence-corrected chi connectivity index (χ1v) is 10.9. The molecule has 0 aromatic rings. The number of hydrogen-bond acceptors (Lipinski definition) is 6. The summed E-state index contributed by atoms with van der Waals surface area (Å²) < 4.78 is 11.6. The number of ether oxygens (including phenoxy) is 2. The third kappa shape index (κ3) is 2.10. The van der Waals surface area contributed by atoms with E-state index in [4.69, 9.17) is 9.47 Å². The molecule has 0 bridgehead atoms. The zero-order valence-corrected chi connectivity index (χ0v) is 16.9. The minimum absolute atomic E-state index is 0.0244. The van der Waals surface area contributed by atoms with Gasteiger partial charge in [-0.05, 0) is 56.7 Å². The topological polar surface area (TPSA) is 72.9 Å². The van der Waals surface area contributed by atoms with Crippen LogP contribution in [0.3, 0.4) is 0 Å². The van der Waals surface area contributed by atoms with Crippen LogP contribution in [-0.2, 0) is 23.9 Å². The largest absolute Gasteiger partial charge is 0.460 e. The quantitative estimate of drug-likeness (QED) is 0.535. The summed E-state index contributed by atoms with van der Waals surface area (Å²) in [6.45, 7) is 6.76. The van der Waals surface area contributed by atoms with Crippen molar-refractivity contribution in [1.29, 1.82) is 0 Å². The van der Waals surface area contributed by atoms with Gasteiger partial charge in [-0.15, -0.1) is 0 Å². The molecule has 5 rings (SSSR count). The highest BCUT2D eigenvalue weighted by Gasteiger charge is 2.69. The minimum atomic E-state index is -0.664. The first kappa shape index (κ1) is 18.3. The monoisotopic (exact) mass is 387 g/mol. The number of carbonyl (C=O) groups excluding carboxylic acids is 3. The fourth-order valence-electron chi connectivity index (χ4n) is 6.77. The minimum Gasteiger partial charge on any atom is -0.460 e. The average molecular weight is 387 g/mol. The van der Waals surface area contributed by atoms with E-state index in [-0.39, 0.29) is 53.7 Å². The van der Waals surface area contributed by atoms with Gasteiger partial charge in [0.05, 0.1) is 17.9 Å². The molecule has 0 aromatic carbocycles. The SMILES string of the molecule is CC[C@H]1[C@@H]2OC(=O)[C@H](C)C2=C2C[C@@H]([C@@H]3C[C@H](C)C(=O)O3)N3CCCCC(=O)[C@]213. The number of fused-ring (bicyclic) bond motifs is 1. The number of Topliss-reactive ketones (excluding diaryl/α,β-unsaturated/α-hetero) is 1. The molecular formula is C22H29NO5. The van der Waals surface area contributed by atoms with E-state index in [1.165, 1.54) is 0 Å². The highest BCUT2D eigenvalue weighted by molar-refractivity contribution is 5.96. The van der Waals surface area contributed by atoms with Crippen molar-refractivity contribution in [2.24, 2.45) is 17.8 Å². The first-order valence-electron chi connectivity index (χ1n) is 10.9. The van der Waals surface area contributed by atoms with Crippen LogP contribution in [0.5, 0.6) is 0 Å². The van der Waals surface area contributed by atoms with E-state index in [1.54, 1.807) is 0 Å². The number of cyclic esters (lactones) is 1. The molecule has 4 heterocycles. The van der Waals surface area contributed by atoms with E-state index in [2.05, 4.69) is 11.8 Å². The zero-order chi connectivity index (χ0) is 19.8. The Hall–Kier alpha value is -1.69. The van der Waals surface area contributed by atoms with E-state index >= 15 is 0 Å². The van der Waals surface area contributed by atoms with Gasteiger partial charge >= 0.3 is 11.9 Å². The average Bonchev–Trinajstić information content (AvgIpc) is 3.29. The Morgan fingerprint density at radius 2 is 1.89 bits per heavy atom. The summed E-state index contributed by atoms with van der Waals surface area (Å²) in [5.41, 5.74) is 1.51. The van der Waals surface area contributed by atoms with E-state index in [1.807, 2.05) is 13.8 Å². The third-order valence-corrected chi connectivity index (χ3v) is 7.95. The van der Waals surface area contributed by atoms with E-state index in [0.29, 0.717) is 19.3 Å². The van der Waals surface area contributed by atoms with Crippen LogP contribution in [0.1, 0.15) is 59.3 Å². The second-order valence-corrected chi connectivity index (χ2v) is 9.25. The van der Waals surface area contributed by atoms with Gasteiger partial charge in [0.1, 0.15) is 17.7 Å². The highest BCUT2D eigenvalue weighted by Crippen LogP contribution is 2.60. The van der Waals surface area contributed by atoms with Gasteiger partial charge in [0.2, 0.25) is 0 Å². The molecular weight excluding hydrogens is 358 g/mol. The maximum atomic E-state index is 13.7. The second-order valence-electron chi connectivity index (χ2n) is 9.25. The van der Waals surface area contributed by atoms with Gasteiger partial charge in [-0.1, -0.05) is 13.8 Å². The predicted octanol–water partition coefficient (Wildman–Crippen LogP) is 2.40. The number of hydrogen-bond donors (Lipinski definition) is 0. The van der Waals surface area contributed by atoms with Gasteiger partial charge < -0.3 is 9.47 Å². The summed E-state index contributed by atoms with van der Waals surface area (Å²) in [5, 5.41) is 0. The fraction of sp³-hybridized carbons (Fsp3) is 0.773. The van der Waals surface area contributed by atoms with E-state index in [9.17, 15) is 14.4 Å². The normalized spacial score (nSPS) is 45.6. The lowest BCUT2D eigenvalue weighted by Gasteiger charge is -2.43. The number of rotatable bonds is 2. The summed E-state index contributed by atoms with van der Waals surface area (Å²) in [6, 6.07) is 0.0244. The summed E-state index contributed by atoms with van der Waals surface area (Å²) in [5.74, 6) is -0.430. The third-order valence-electron chi connectivity index (χ3n) is 7.95. The highest BCUT2D eigenvalue weighted by atomic mass is 16.6. The van der Waals surface area contributed by atoms with Crippen LogP contribution in [0.2, 0.25) is 0 Å². The maximum Gasteiger partial charge on any atom is 0.313 e. The van der Waals surface area contributed by atoms with Gasteiger partial charge in [0, 0.05) is 12.3 Å². The molecule has 0 unspecified atom stereocenters. The van der Waals surface area contributed by atoms with Crippen LogP contribution < -0.4 is 0 Å². The van der Waals surface area contributed by atoms with Crippen molar-refractivity contribution in [2.75, 3.05) is 6.54 Å². The van der Waals surface area contributed by atoms with E-state index < -0.39 is 5.54 Å². The smallest absolute Gasteiger partial charge is 0.313 e.